The number of ether oxygens (including phenoxy) is 2. The average Bonchev–Trinajstić information content (AvgIpc) is 3.25. The molecule has 0 spiro atoms. The summed E-state index contributed by atoms with van der Waals surface area (Å²) in [5, 5.41) is 14.4. The van der Waals surface area contributed by atoms with Gasteiger partial charge in [0.2, 0.25) is 18.5 Å². The largest absolute Gasteiger partial charge is 0.454 e. The minimum absolute atomic E-state index is 0.101. The molecule has 0 saturated carbocycles. The summed E-state index contributed by atoms with van der Waals surface area (Å²) in [6, 6.07) is 11.2. The summed E-state index contributed by atoms with van der Waals surface area (Å²) in [5.41, 5.74) is 0.786. The van der Waals surface area contributed by atoms with Gasteiger partial charge >= 0.3 is 0 Å². The molecule has 25 heavy (non-hydrogen) atoms. The van der Waals surface area contributed by atoms with E-state index in [-0.39, 0.29) is 19.0 Å². The Morgan fingerprint density at radius 1 is 1.20 bits per heavy atom. The standard InChI is InChI=1S/C16H12FN5O3/c17-11-3-1-2-4-12(11)18-15(23)8-22-20-16(19-21-22)10-5-6-13-14(7-10)25-9-24-13/h1-7H,8-9H2,(H,18,23). The molecule has 0 bridgehead atoms. The molecular formula is C16H12FN5O3. The quantitative estimate of drug-likeness (QED) is 0.779. The lowest BCUT2D eigenvalue weighted by atomic mass is 10.2. The SMILES string of the molecule is O=C(Cn1nnc(-c2ccc3c(c2)OCO3)n1)Nc1ccccc1F. The van der Waals surface area contributed by atoms with Gasteiger partial charge in [-0.2, -0.15) is 4.80 Å². The summed E-state index contributed by atoms with van der Waals surface area (Å²) in [5.74, 6) is 0.631. The second kappa shape index (κ2) is 6.19. The summed E-state index contributed by atoms with van der Waals surface area (Å²) >= 11 is 0. The van der Waals surface area contributed by atoms with Crippen molar-refractivity contribution in [3.63, 3.8) is 0 Å². The van der Waals surface area contributed by atoms with E-state index in [2.05, 4.69) is 20.7 Å². The van der Waals surface area contributed by atoms with Gasteiger partial charge in [-0.1, -0.05) is 12.1 Å². The lowest BCUT2D eigenvalue weighted by Gasteiger charge is -2.05. The van der Waals surface area contributed by atoms with Gasteiger partial charge in [-0.3, -0.25) is 4.79 Å². The number of anilines is 1. The molecule has 0 radical (unpaired) electrons. The highest BCUT2D eigenvalue weighted by Gasteiger charge is 2.16. The second-order valence-electron chi connectivity index (χ2n) is 5.24. The van der Waals surface area contributed by atoms with Gasteiger partial charge in [-0.05, 0) is 35.5 Å². The number of rotatable bonds is 4. The van der Waals surface area contributed by atoms with Crippen LogP contribution in [0, 0.1) is 5.82 Å². The van der Waals surface area contributed by atoms with Gasteiger partial charge in [0.1, 0.15) is 12.4 Å². The van der Waals surface area contributed by atoms with Crippen LogP contribution in [0.15, 0.2) is 42.5 Å². The van der Waals surface area contributed by atoms with E-state index in [4.69, 9.17) is 9.47 Å². The molecule has 0 saturated heterocycles. The molecule has 3 aromatic rings. The van der Waals surface area contributed by atoms with E-state index in [1.807, 2.05) is 0 Å². The van der Waals surface area contributed by atoms with Crippen LogP contribution in [0.3, 0.4) is 0 Å². The first-order valence-corrected chi connectivity index (χ1v) is 7.41. The van der Waals surface area contributed by atoms with Crippen LogP contribution in [0.1, 0.15) is 0 Å². The Kier molecular flexibility index (Phi) is 3.73. The van der Waals surface area contributed by atoms with E-state index in [0.29, 0.717) is 22.9 Å². The number of amides is 1. The van der Waals surface area contributed by atoms with Crippen molar-refractivity contribution in [2.45, 2.75) is 6.54 Å². The van der Waals surface area contributed by atoms with Crippen molar-refractivity contribution in [1.29, 1.82) is 0 Å². The van der Waals surface area contributed by atoms with E-state index in [0.717, 1.165) is 4.80 Å². The summed E-state index contributed by atoms with van der Waals surface area (Å²) in [6.45, 7) is -0.0129. The molecule has 0 atom stereocenters. The predicted octanol–water partition coefficient (Wildman–Crippen LogP) is 1.85. The maximum atomic E-state index is 13.5. The van der Waals surface area contributed by atoms with Gasteiger partial charge in [-0.25, -0.2) is 4.39 Å². The number of tetrazole rings is 1. The molecule has 9 heteroatoms. The Balaban J connectivity index is 1.46. The highest BCUT2D eigenvalue weighted by Crippen LogP contribution is 2.34. The Morgan fingerprint density at radius 2 is 2.04 bits per heavy atom. The molecule has 1 aromatic heterocycles. The van der Waals surface area contributed by atoms with Crippen molar-refractivity contribution in [3.8, 4) is 22.9 Å². The summed E-state index contributed by atoms with van der Waals surface area (Å²) < 4.78 is 24.1. The van der Waals surface area contributed by atoms with Gasteiger partial charge in [0.15, 0.2) is 11.5 Å². The van der Waals surface area contributed by atoms with Crippen LogP contribution in [-0.4, -0.2) is 32.9 Å². The van der Waals surface area contributed by atoms with E-state index < -0.39 is 11.7 Å². The Morgan fingerprint density at radius 3 is 2.92 bits per heavy atom. The number of nitrogens with zero attached hydrogens (tertiary/aromatic N) is 4. The number of para-hydroxylation sites is 1. The summed E-state index contributed by atoms with van der Waals surface area (Å²) in [7, 11) is 0. The molecule has 0 aliphatic carbocycles. The Hall–Kier alpha value is -3.49. The van der Waals surface area contributed by atoms with Crippen LogP contribution in [-0.2, 0) is 11.3 Å². The fourth-order valence-electron chi connectivity index (χ4n) is 2.34. The molecule has 8 nitrogen and oxygen atoms in total. The molecule has 1 aliphatic rings. The van der Waals surface area contributed by atoms with E-state index >= 15 is 0 Å². The molecule has 2 aromatic carbocycles. The molecule has 4 rings (SSSR count). The number of aromatic nitrogens is 4. The van der Waals surface area contributed by atoms with Crippen LogP contribution < -0.4 is 14.8 Å². The van der Waals surface area contributed by atoms with Crippen LogP contribution in [0.2, 0.25) is 0 Å². The highest BCUT2D eigenvalue weighted by atomic mass is 19.1. The predicted molar refractivity (Wildman–Crippen MR) is 84.4 cm³/mol. The van der Waals surface area contributed by atoms with Crippen molar-refractivity contribution in [3.05, 3.63) is 48.3 Å². The maximum absolute atomic E-state index is 13.5. The van der Waals surface area contributed by atoms with Crippen LogP contribution >= 0.6 is 0 Å². The normalized spacial score (nSPS) is 12.2. The Bertz CT molecular complexity index is 943. The van der Waals surface area contributed by atoms with Gasteiger partial charge in [0.05, 0.1) is 5.69 Å². The first kappa shape index (κ1) is 15.1. The van der Waals surface area contributed by atoms with Crippen LogP contribution in [0.25, 0.3) is 11.4 Å². The molecule has 126 valence electrons. The number of nitrogens with one attached hydrogen (secondary N) is 1. The van der Waals surface area contributed by atoms with Crippen molar-refractivity contribution in [2.24, 2.45) is 0 Å². The van der Waals surface area contributed by atoms with Crippen molar-refractivity contribution >= 4 is 11.6 Å². The first-order chi connectivity index (χ1) is 12.2. The number of halogens is 1. The van der Waals surface area contributed by atoms with Gasteiger partial charge in [0.25, 0.3) is 0 Å². The topological polar surface area (TPSA) is 91.2 Å². The van der Waals surface area contributed by atoms with Crippen molar-refractivity contribution < 1.29 is 18.7 Å². The fraction of sp³-hybridized carbons (Fsp3) is 0.125. The molecule has 0 fully saturated rings. The third-order valence-electron chi connectivity index (χ3n) is 3.52. The smallest absolute Gasteiger partial charge is 0.248 e. The number of carbonyl (C=O) groups excluding carboxylic acids is 1. The maximum Gasteiger partial charge on any atom is 0.248 e. The molecule has 1 aliphatic heterocycles. The fourth-order valence-corrected chi connectivity index (χ4v) is 2.34. The zero-order valence-electron chi connectivity index (χ0n) is 12.8. The molecule has 2 heterocycles. The first-order valence-electron chi connectivity index (χ1n) is 7.41. The third kappa shape index (κ3) is 3.11. The van der Waals surface area contributed by atoms with Crippen molar-refractivity contribution in [2.75, 3.05) is 12.1 Å². The number of hydrogen-bond acceptors (Lipinski definition) is 6. The van der Waals surface area contributed by atoms with E-state index in [1.54, 1.807) is 30.3 Å². The summed E-state index contributed by atoms with van der Waals surface area (Å²) in [4.78, 5) is 13.1. The second-order valence-corrected chi connectivity index (χ2v) is 5.24. The number of carbonyl (C=O) groups is 1. The third-order valence-corrected chi connectivity index (χ3v) is 3.52. The molecular weight excluding hydrogens is 329 g/mol. The van der Waals surface area contributed by atoms with E-state index in [1.165, 1.54) is 12.1 Å². The number of fused-ring (bicyclic) bond motifs is 1. The molecule has 1 N–H and O–H groups in total. The van der Waals surface area contributed by atoms with Gasteiger partial charge in [-0.15, -0.1) is 10.2 Å². The Labute approximate surface area is 141 Å². The number of hydrogen-bond donors (Lipinski definition) is 1. The summed E-state index contributed by atoms with van der Waals surface area (Å²) in [6.07, 6.45) is 0. The van der Waals surface area contributed by atoms with Crippen LogP contribution in [0.4, 0.5) is 10.1 Å². The van der Waals surface area contributed by atoms with Gasteiger partial charge in [0, 0.05) is 5.56 Å². The molecule has 0 unspecified atom stereocenters. The van der Waals surface area contributed by atoms with Gasteiger partial charge < -0.3 is 14.8 Å². The number of benzene rings is 2. The monoisotopic (exact) mass is 341 g/mol. The zero-order chi connectivity index (χ0) is 17.2. The minimum Gasteiger partial charge on any atom is -0.454 e. The minimum atomic E-state index is -0.511. The lowest BCUT2D eigenvalue weighted by Crippen LogP contribution is -2.21. The highest BCUT2D eigenvalue weighted by molar-refractivity contribution is 5.90. The zero-order valence-corrected chi connectivity index (χ0v) is 12.8. The van der Waals surface area contributed by atoms with E-state index in [9.17, 15) is 9.18 Å². The molecule has 1 amide bonds. The van der Waals surface area contributed by atoms with Crippen molar-refractivity contribution in [1.82, 2.24) is 20.2 Å². The van der Waals surface area contributed by atoms with Crippen LogP contribution in [0.5, 0.6) is 11.5 Å². The average molecular weight is 341 g/mol. The lowest BCUT2D eigenvalue weighted by molar-refractivity contribution is -0.117.